The van der Waals surface area contributed by atoms with Crippen molar-refractivity contribution in [3.63, 3.8) is 0 Å². The van der Waals surface area contributed by atoms with Gasteiger partial charge in [0.15, 0.2) is 0 Å². The zero-order valence-corrected chi connectivity index (χ0v) is 18.0. The number of rotatable bonds is 7. The molecule has 1 unspecified atom stereocenters. The van der Waals surface area contributed by atoms with Crippen LogP contribution in [0.5, 0.6) is 0 Å². The Balaban J connectivity index is 1.43. The number of nitrogens with one attached hydrogen (secondary N) is 1. The van der Waals surface area contributed by atoms with Gasteiger partial charge in [-0.3, -0.25) is 0 Å². The van der Waals surface area contributed by atoms with E-state index in [-0.39, 0.29) is 6.04 Å². The molecule has 1 saturated heterocycles. The average molecular weight is 415 g/mol. The summed E-state index contributed by atoms with van der Waals surface area (Å²) in [6.45, 7) is 8.40. The average Bonchev–Trinajstić information content (AvgIpc) is 3.36. The van der Waals surface area contributed by atoms with Crippen molar-refractivity contribution in [2.45, 2.75) is 32.9 Å². The highest BCUT2D eigenvalue weighted by Crippen LogP contribution is 2.26. The van der Waals surface area contributed by atoms with E-state index in [1.807, 2.05) is 6.20 Å². The second kappa shape index (κ2) is 9.13. The first kappa shape index (κ1) is 19.5. The van der Waals surface area contributed by atoms with Gasteiger partial charge in [0, 0.05) is 30.7 Å². The first-order valence-electron chi connectivity index (χ1n) is 9.65. The second-order valence-electron chi connectivity index (χ2n) is 7.09. The molecule has 0 spiro atoms. The molecule has 3 aromatic rings. The third-order valence-electron chi connectivity index (χ3n) is 5.06. The van der Waals surface area contributed by atoms with Crippen molar-refractivity contribution in [3.8, 4) is 0 Å². The second-order valence-corrected chi connectivity index (χ2v) is 9.10. The normalized spacial score (nSPS) is 15.7. The number of anilines is 1. The summed E-state index contributed by atoms with van der Waals surface area (Å²) in [6, 6.07) is 6.70. The van der Waals surface area contributed by atoms with Crippen LogP contribution < -0.4 is 10.2 Å². The summed E-state index contributed by atoms with van der Waals surface area (Å²) in [7, 11) is 0. The molecule has 4 heterocycles. The Morgan fingerprint density at radius 2 is 2.04 bits per heavy atom. The molecular formula is C21H26N4OS2. The fraction of sp³-hybridized carbons (Fsp3) is 0.429. The Labute approximate surface area is 174 Å². The number of morpholine rings is 1. The predicted octanol–water partition coefficient (Wildman–Crippen LogP) is 4.13. The monoisotopic (exact) mass is 414 g/mol. The van der Waals surface area contributed by atoms with Crippen molar-refractivity contribution in [3.05, 3.63) is 61.9 Å². The molecule has 1 N–H and O–H groups in total. The SMILES string of the molecule is Cc1nc(C(Cc2ccsc2)NCc2ccc(N3CCOCC3)nc2)sc1C. The third kappa shape index (κ3) is 4.78. The highest BCUT2D eigenvalue weighted by molar-refractivity contribution is 7.11. The van der Waals surface area contributed by atoms with Gasteiger partial charge in [0.25, 0.3) is 0 Å². The molecule has 4 rings (SSSR count). The van der Waals surface area contributed by atoms with E-state index in [0.29, 0.717) is 0 Å². The van der Waals surface area contributed by atoms with Gasteiger partial charge in [-0.15, -0.1) is 11.3 Å². The van der Waals surface area contributed by atoms with E-state index in [2.05, 4.69) is 58.0 Å². The summed E-state index contributed by atoms with van der Waals surface area (Å²) in [5.74, 6) is 1.04. The van der Waals surface area contributed by atoms with Gasteiger partial charge < -0.3 is 15.0 Å². The van der Waals surface area contributed by atoms with Crippen molar-refractivity contribution in [1.82, 2.24) is 15.3 Å². The van der Waals surface area contributed by atoms with Crippen molar-refractivity contribution in [1.29, 1.82) is 0 Å². The molecule has 1 atom stereocenters. The Bertz CT molecular complexity index is 851. The minimum absolute atomic E-state index is 0.214. The fourth-order valence-corrected chi connectivity index (χ4v) is 4.96. The Kier molecular flexibility index (Phi) is 6.36. The third-order valence-corrected chi connectivity index (χ3v) is 6.98. The molecule has 1 aliphatic heterocycles. The van der Waals surface area contributed by atoms with Crippen LogP contribution in [-0.4, -0.2) is 36.3 Å². The van der Waals surface area contributed by atoms with Gasteiger partial charge >= 0.3 is 0 Å². The molecule has 0 saturated carbocycles. The number of hydrogen-bond acceptors (Lipinski definition) is 7. The maximum atomic E-state index is 5.42. The van der Waals surface area contributed by atoms with Crippen LogP contribution in [0.4, 0.5) is 5.82 Å². The first-order chi connectivity index (χ1) is 13.7. The van der Waals surface area contributed by atoms with Crippen LogP contribution >= 0.6 is 22.7 Å². The molecule has 0 bridgehead atoms. The Morgan fingerprint density at radius 1 is 1.18 bits per heavy atom. The van der Waals surface area contributed by atoms with Crippen LogP contribution in [0.1, 0.15) is 32.7 Å². The molecule has 28 heavy (non-hydrogen) atoms. The zero-order valence-electron chi connectivity index (χ0n) is 16.4. The van der Waals surface area contributed by atoms with E-state index in [1.54, 1.807) is 22.7 Å². The summed E-state index contributed by atoms with van der Waals surface area (Å²) >= 11 is 3.54. The molecule has 5 nitrogen and oxygen atoms in total. The highest BCUT2D eigenvalue weighted by Gasteiger charge is 2.18. The van der Waals surface area contributed by atoms with Gasteiger partial charge in [-0.2, -0.15) is 11.3 Å². The van der Waals surface area contributed by atoms with E-state index < -0.39 is 0 Å². The van der Waals surface area contributed by atoms with Crippen molar-refractivity contribution < 1.29 is 4.74 Å². The number of nitrogens with zero attached hydrogens (tertiary/aromatic N) is 3. The van der Waals surface area contributed by atoms with Crippen LogP contribution in [0.3, 0.4) is 0 Å². The molecule has 7 heteroatoms. The highest BCUT2D eigenvalue weighted by atomic mass is 32.1. The van der Waals surface area contributed by atoms with Crippen LogP contribution in [0.2, 0.25) is 0 Å². The molecule has 0 aliphatic carbocycles. The lowest BCUT2D eigenvalue weighted by molar-refractivity contribution is 0.122. The number of thiophene rings is 1. The van der Waals surface area contributed by atoms with Gasteiger partial charge in [0.05, 0.1) is 24.9 Å². The standard InChI is InChI=1S/C21H26N4OS2/c1-15-16(2)28-21(24-15)19(11-17-5-10-27-14-17)22-12-18-3-4-20(23-13-18)25-6-8-26-9-7-25/h3-5,10,13-14,19,22H,6-9,11-12H2,1-2H3. The predicted molar refractivity (Wildman–Crippen MR) is 116 cm³/mol. The number of aromatic nitrogens is 2. The van der Waals surface area contributed by atoms with Crippen molar-refractivity contribution in [2.75, 3.05) is 31.2 Å². The van der Waals surface area contributed by atoms with Crippen molar-refractivity contribution in [2.24, 2.45) is 0 Å². The van der Waals surface area contributed by atoms with Gasteiger partial charge in [0.2, 0.25) is 0 Å². The fourth-order valence-electron chi connectivity index (χ4n) is 3.28. The van der Waals surface area contributed by atoms with Crippen molar-refractivity contribution >= 4 is 28.5 Å². The van der Waals surface area contributed by atoms with Crippen LogP contribution in [0.25, 0.3) is 0 Å². The maximum absolute atomic E-state index is 5.42. The molecule has 3 aromatic heterocycles. The molecule has 0 aromatic carbocycles. The molecule has 1 aliphatic rings. The molecule has 1 fully saturated rings. The summed E-state index contributed by atoms with van der Waals surface area (Å²) in [5.41, 5.74) is 3.68. The van der Waals surface area contributed by atoms with Crippen LogP contribution in [-0.2, 0) is 17.7 Å². The molecule has 0 radical (unpaired) electrons. The summed E-state index contributed by atoms with van der Waals surface area (Å²) < 4.78 is 5.42. The van der Waals surface area contributed by atoms with E-state index in [0.717, 1.165) is 50.8 Å². The van der Waals surface area contributed by atoms with Gasteiger partial charge in [-0.05, 0) is 54.3 Å². The quantitative estimate of drug-likeness (QED) is 0.630. The smallest absolute Gasteiger partial charge is 0.128 e. The molecule has 0 amide bonds. The van der Waals surface area contributed by atoms with E-state index in [1.165, 1.54) is 21.0 Å². The summed E-state index contributed by atoms with van der Waals surface area (Å²) in [6.07, 6.45) is 2.94. The van der Waals surface area contributed by atoms with Crippen LogP contribution in [0, 0.1) is 13.8 Å². The van der Waals surface area contributed by atoms with Gasteiger partial charge in [-0.1, -0.05) is 6.07 Å². The zero-order chi connectivity index (χ0) is 19.3. The lowest BCUT2D eigenvalue weighted by Gasteiger charge is -2.27. The topological polar surface area (TPSA) is 50.3 Å². The minimum atomic E-state index is 0.214. The Hall–Kier alpha value is -1.80. The molecule has 148 valence electrons. The van der Waals surface area contributed by atoms with E-state index in [4.69, 9.17) is 9.72 Å². The van der Waals surface area contributed by atoms with Crippen LogP contribution in [0.15, 0.2) is 35.2 Å². The van der Waals surface area contributed by atoms with E-state index in [9.17, 15) is 0 Å². The number of pyridine rings is 1. The van der Waals surface area contributed by atoms with E-state index >= 15 is 0 Å². The van der Waals surface area contributed by atoms with Gasteiger partial charge in [-0.25, -0.2) is 9.97 Å². The minimum Gasteiger partial charge on any atom is -0.378 e. The Morgan fingerprint density at radius 3 is 2.68 bits per heavy atom. The lowest BCUT2D eigenvalue weighted by Crippen LogP contribution is -2.36. The summed E-state index contributed by atoms with van der Waals surface area (Å²) in [4.78, 5) is 13.0. The summed E-state index contributed by atoms with van der Waals surface area (Å²) in [5, 5.41) is 9.24. The number of aryl methyl sites for hydroxylation is 2. The van der Waals surface area contributed by atoms with Gasteiger partial charge in [0.1, 0.15) is 10.8 Å². The largest absolute Gasteiger partial charge is 0.378 e. The number of thiazole rings is 1. The lowest BCUT2D eigenvalue weighted by atomic mass is 10.1. The first-order valence-corrected chi connectivity index (χ1v) is 11.4. The molecular weight excluding hydrogens is 388 g/mol. The number of ether oxygens (including phenoxy) is 1. The number of hydrogen-bond donors (Lipinski definition) is 1. The maximum Gasteiger partial charge on any atom is 0.128 e.